The van der Waals surface area contributed by atoms with E-state index in [2.05, 4.69) is 5.32 Å². The molecule has 3 aromatic rings. The number of carbonyl (C=O) groups excluding carboxylic acids is 1. The topological polar surface area (TPSA) is 66.5 Å². The van der Waals surface area contributed by atoms with Crippen LogP contribution in [0.15, 0.2) is 77.7 Å². The van der Waals surface area contributed by atoms with Gasteiger partial charge in [0.25, 0.3) is 15.9 Å². The lowest BCUT2D eigenvalue weighted by atomic mass is 10.1. The zero-order valence-electron chi connectivity index (χ0n) is 17.1. The minimum Gasteiger partial charge on any atom is -0.349 e. The first-order chi connectivity index (χ1) is 14.8. The lowest BCUT2D eigenvalue weighted by Crippen LogP contribution is -2.31. The summed E-state index contributed by atoms with van der Waals surface area (Å²) in [4.78, 5) is 12.4. The predicted octanol–water partition coefficient (Wildman–Crippen LogP) is 4.94. The second-order valence-corrected chi connectivity index (χ2v) is 10.00. The van der Waals surface area contributed by atoms with Crippen LogP contribution in [0.25, 0.3) is 0 Å². The summed E-state index contributed by atoms with van der Waals surface area (Å²) in [6.45, 7) is 1.97. The van der Waals surface area contributed by atoms with E-state index in [4.69, 9.17) is 11.6 Å². The number of anilines is 1. The molecule has 0 heterocycles. The fraction of sp³-hybridized carbons (Fsp3) is 0.208. The Morgan fingerprint density at radius 1 is 1.03 bits per heavy atom. The van der Waals surface area contributed by atoms with Gasteiger partial charge in [-0.3, -0.25) is 9.10 Å². The van der Waals surface area contributed by atoms with Crippen molar-refractivity contribution in [1.82, 2.24) is 5.32 Å². The normalized spacial score (nSPS) is 13.6. The molecule has 1 amide bonds. The smallest absolute Gasteiger partial charge is 0.264 e. The number of nitrogens with one attached hydrogen (secondary N) is 1. The fourth-order valence-electron chi connectivity index (χ4n) is 3.29. The number of hydrogen-bond donors (Lipinski definition) is 1. The second kappa shape index (κ2) is 8.73. The van der Waals surface area contributed by atoms with Gasteiger partial charge in [0.05, 0.1) is 17.1 Å². The van der Waals surface area contributed by atoms with Gasteiger partial charge < -0.3 is 5.32 Å². The van der Waals surface area contributed by atoms with Gasteiger partial charge >= 0.3 is 0 Å². The highest BCUT2D eigenvalue weighted by molar-refractivity contribution is 7.92. The van der Waals surface area contributed by atoms with Gasteiger partial charge in [0.15, 0.2) is 0 Å². The van der Waals surface area contributed by atoms with Gasteiger partial charge in [0.2, 0.25) is 0 Å². The largest absolute Gasteiger partial charge is 0.349 e. The number of amides is 1. The van der Waals surface area contributed by atoms with Gasteiger partial charge in [-0.1, -0.05) is 48.0 Å². The van der Waals surface area contributed by atoms with Crippen molar-refractivity contribution in [1.29, 1.82) is 0 Å². The van der Waals surface area contributed by atoms with E-state index in [0.717, 1.165) is 24.0 Å². The van der Waals surface area contributed by atoms with Crippen molar-refractivity contribution in [2.24, 2.45) is 0 Å². The van der Waals surface area contributed by atoms with Crippen LogP contribution in [0.1, 0.15) is 34.3 Å². The molecule has 3 aromatic carbocycles. The van der Waals surface area contributed by atoms with Gasteiger partial charge in [-0.2, -0.15) is 0 Å². The molecule has 160 valence electrons. The highest BCUT2D eigenvalue weighted by atomic mass is 35.5. The zero-order valence-corrected chi connectivity index (χ0v) is 18.7. The molecule has 4 rings (SSSR count). The van der Waals surface area contributed by atoms with E-state index in [1.165, 1.54) is 4.31 Å². The number of hydrogen-bond acceptors (Lipinski definition) is 3. The number of rotatable bonds is 7. The lowest BCUT2D eigenvalue weighted by Gasteiger charge is -2.26. The Labute approximate surface area is 187 Å². The fourth-order valence-corrected chi connectivity index (χ4v) is 4.99. The van der Waals surface area contributed by atoms with Gasteiger partial charge in [0, 0.05) is 16.6 Å². The molecule has 0 atom stereocenters. The number of benzene rings is 3. The van der Waals surface area contributed by atoms with Crippen LogP contribution in [0.3, 0.4) is 0 Å². The molecule has 0 aromatic heterocycles. The minimum atomic E-state index is -3.83. The molecule has 1 fully saturated rings. The molecule has 7 heteroatoms. The first-order valence-electron chi connectivity index (χ1n) is 10.1. The van der Waals surface area contributed by atoms with Crippen LogP contribution in [-0.2, 0) is 16.6 Å². The Kier molecular flexibility index (Phi) is 6.03. The van der Waals surface area contributed by atoms with E-state index in [1.807, 2.05) is 6.92 Å². The first kappa shape index (κ1) is 21.4. The molecule has 0 radical (unpaired) electrons. The van der Waals surface area contributed by atoms with Crippen molar-refractivity contribution in [3.63, 3.8) is 0 Å². The molecule has 0 bridgehead atoms. The summed E-state index contributed by atoms with van der Waals surface area (Å²) in [6, 6.07) is 20.8. The molecule has 31 heavy (non-hydrogen) atoms. The third kappa shape index (κ3) is 4.92. The van der Waals surface area contributed by atoms with Crippen LogP contribution in [-0.4, -0.2) is 20.4 Å². The number of aryl methyl sites for hydroxylation is 1. The van der Waals surface area contributed by atoms with Crippen LogP contribution in [0.2, 0.25) is 5.02 Å². The molecular weight excluding hydrogens is 432 g/mol. The third-order valence-electron chi connectivity index (χ3n) is 5.23. The Morgan fingerprint density at radius 2 is 1.71 bits per heavy atom. The van der Waals surface area contributed by atoms with E-state index in [-0.39, 0.29) is 23.4 Å². The number of carbonyl (C=O) groups is 1. The summed E-state index contributed by atoms with van der Waals surface area (Å²) in [6.07, 6.45) is 2.05. The quantitative estimate of drug-likeness (QED) is 0.550. The Morgan fingerprint density at radius 3 is 2.35 bits per heavy atom. The summed E-state index contributed by atoms with van der Waals surface area (Å²) in [5, 5.41) is 3.42. The summed E-state index contributed by atoms with van der Waals surface area (Å²) < 4.78 is 28.4. The van der Waals surface area contributed by atoms with Crippen molar-refractivity contribution in [2.45, 2.75) is 37.2 Å². The Bertz CT molecular complexity index is 1190. The summed E-state index contributed by atoms with van der Waals surface area (Å²) in [5.41, 5.74) is 2.64. The van der Waals surface area contributed by atoms with E-state index in [9.17, 15) is 13.2 Å². The standard InChI is InChI=1S/C24H23ClN2O3S/c1-17-7-12-20(25)15-23(17)27(31(29,30)22-5-3-2-4-6-22)16-18-8-10-19(11-9-18)24(28)26-21-13-14-21/h2-12,15,21H,13-14,16H2,1H3,(H,26,28). The monoisotopic (exact) mass is 454 g/mol. The summed E-state index contributed by atoms with van der Waals surface area (Å²) in [7, 11) is -3.83. The van der Waals surface area contributed by atoms with E-state index >= 15 is 0 Å². The predicted molar refractivity (Wildman–Crippen MR) is 123 cm³/mol. The van der Waals surface area contributed by atoms with E-state index < -0.39 is 10.0 Å². The summed E-state index contributed by atoms with van der Waals surface area (Å²) >= 11 is 6.20. The maximum atomic E-state index is 13.5. The number of halogens is 1. The molecular formula is C24H23ClN2O3S. The van der Waals surface area contributed by atoms with Crippen LogP contribution in [0, 0.1) is 6.92 Å². The molecule has 0 spiro atoms. The van der Waals surface area contributed by atoms with E-state index in [1.54, 1.807) is 72.8 Å². The molecule has 0 saturated heterocycles. The average molecular weight is 455 g/mol. The molecule has 5 nitrogen and oxygen atoms in total. The number of sulfonamides is 1. The van der Waals surface area contributed by atoms with E-state index in [0.29, 0.717) is 16.3 Å². The van der Waals surface area contributed by atoms with Gasteiger partial charge in [-0.05, 0) is 67.3 Å². The van der Waals surface area contributed by atoms with Crippen LogP contribution >= 0.6 is 11.6 Å². The molecule has 1 N–H and O–H groups in total. The summed E-state index contributed by atoms with van der Waals surface area (Å²) in [5.74, 6) is -0.103. The van der Waals surface area contributed by atoms with Crippen LogP contribution in [0.5, 0.6) is 0 Å². The highest BCUT2D eigenvalue weighted by Gasteiger charge is 2.27. The highest BCUT2D eigenvalue weighted by Crippen LogP contribution is 2.31. The van der Waals surface area contributed by atoms with Crippen LogP contribution in [0.4, 0.5) is 5.69 Å². The first-order valence-corrected chi connectivity index (χ1v) is 11.9. The van der Waals surface area contributed by atoms with Crippen LogP contribution < -0.4 is 9.62 Å². The zero-order chi connectivity index (χ0) is 22.0. The Balaban J connectivity index is 1.68. The van der Waals surface area contributed by atoms with Crippen molar-refractivity contribution in [3.05, 3.63) is 94.5 Å². The van der Waals surface area contributed by atoms with Crippen molar-refractivity contribution >= 4 is 33.2 Å². The lowest BCUT2D eigenvalue weighted by molar-refractivity contribution is 0.0951. The molecule has 1 aliphatic carbocycles. The second-order valence-electron chi connectivity index (χ2n) is 7.70. The van der Waals surface area contributed by atoms with Gasteiger partial charge in [-0.25, -0.2) is 8.42 Å². The molecule has 0 unspecified atom stereocenters. The van der Waals surface area contributed by atoms with Crippen molar-refractivity contribution in [3.8, 4) is 0 Å². The number of nitrogens with zero attached hydrogens (tertiary/aromatic N) is 1. The maximum absolute atomic E-state index is 13.5. The average Bonchev–Trinajstić information content (AvgIpc) is 3.59. The molecule has 1 aliphatic rings. The van der Waals surface area contributed by atoms with Crippen molar-refractivity contribution < 1.29 is 13.2 Å². The Hall–Kier alpha value is -2.83. The maximum Gasteiger partial charge on any atom is 0.264 e. The third-order valence-corrected chi connectivity index (χ3v) is 7.24. The van der Waals surface area contributed by atoms with Gasteiger partial charge in [-0.15, -0.1) is 0 Å². The SMILES string of the molecule is Cc1ccc(Cl)cc1N(Cc1ccc(C(=O)NC2CC2)cc1)S(=O)(=O)c1ccccc1. The molecule has 0 aliphatic heterocycles. The minimum absolute atomic E-state index is 0.103. The molecule has 1 saturated carbocycles. The van der Waals surface area contributed by atoms with Gasteiger partial charge in [0.1, 0.15) is 0 Å². The van der Waals surface area contributed by atoms with Crippen molar-refractivity contribution in [2.75, 3.05) is 4.31 Å².